The molecule has 1 aromatic rings. The molecule has 0 spiro atoms. The summed E-state index contributed by atoms with van der Waals surface area (Å²) >= 11 is 8.71. The van der Waals surface area contributed by atoms with E-state index in [1.54, 1.807) is 6.07 Å². The molecular weight excluding hydrogens is 227 g/mol. The van der Waals surface area contributed by atoms with E-state index >= 15 is 0 Å². The Morgan fingerprint density at radius 1 is 1.45 bits per heavy atom. The van der Waals surface area contributed by atoms with E-state index in [1.165, 1.54) is 0 Å². The van der Waals surface area contributed by atoms with Crippen LogP contribution in [0.4, 0.5) is 0 Å². The van der Waals surface area contributed by atoms with E-state index in [2.05, 4.69) is 20.2 Å². The van der Waals surface area contributed by atoms with Gasteiger partial charge in [0.2, 0.25) is 0 Å². The molecule has 0 unspecified atom stereocenters. The van der Waals surface area contributed by atoms with Gasteiger partial charge in [0.25, 0.3) is 0 Å². The second-order valence-corrected chi connectivity index (χ2v) is 2.71. The maximum atomic E-state index is 5.82. The molecule has 0 aromatic heterocycles. The molecule has 0 bridgehead atoms. The average molecular weight is 233 g/mol. The number of benzene rings is 1. The van der Waals surface area contributed by atoms with Crippen molar-refractivity contribution in [1.29, 1.82) is 0 Å². The van der Waals surface area contributed by atoms with Crippen molar-refractivity contribution >= 4 is 33.6 Å². The van der Waals surface area contributed by atoms with Crippen molar-refractivity contribution in [2.24, 2.45) is 9.75 Å². The van der Waals surface area contributed by atoms with Crippen molar-refractivity contribution in [3.05, 3.63) is 34.9 Å². The minimum absolute atomic E-state index is 0.385. The average Bonchev–Trinajstić information content (AvgIpc) is 2.04. The fourth-order valence-electron chi connectivity index (χ4n) is 0.714. The van der Waals surface area contributed by atoms with Crippen LogP contribution in [0.3, 0.4) is 0 Å². The van der Waals surface area contributed by atoms with Crippen LogP contribution in [-0.2, 0) is 0 Å². The summed E-state index contributed by atoms with van der Waals surface area (Å²) in [5, 5.41) is 0.605. The van der Waals surface area contributed by atoms with E-state index in [-0.39, 0.29) is 0 Å². The Kier molecular flexibility index (Phi) is 2.91. The highest BCUT2D eigenvalue weighted by Gasteiger charge is 2.01. The Balaban J connectivity index is 3.14. The molecule has 0 saturated carbocycles. The van der Waals surface area contributed by atoms with Crippen LogP contribution in [0.5, 0.6) is 0 Å². The molecule has 0 aliphatic heterocycles. The zero-order chi connectivity index (χ0) is 8.27. The predicted octanol–water partition coefficient (Wildman–Crippen LogP) is 2.36. The minimum atomic E-state index is 0.385. The molecule has 0 fully saturated rings. The lowest BCUT2D eigenvalue weighted by Crippen LogP contribution is -2.12. The van der Waals surface area contributed by atoms with Gasteiger partial charge in [0.1, 0.15) is 5.84 Å². The molecule has 2 nitrogen and oxygen atoms in total. The van der Waals surface area contributed by atoms with Crippen molar-refractivity contribution in [3.8, 4) is 0 Å². The van der Waals surface area contributed by atoms with E-state index in [9.17, 15) is 0 Å². The van der Waals surface area contributed by atoms with Crippen molar-refractivity contribution in [2.75, 3.05) is 0 Å². The molecule has 0 heterocycles. The number of nitrogens with two attached hydrogens (primary N) is 1. The molecule has 2 N–H and O–H groups in total. The van der Waals surface area contributed by atoms with Gasteiger partial charge in [-0.25, -0.2) is 0 Å². The van der Waals surface area contributed by atoms with Crippen molar-refractivity contribution in [3.63, 3.8) is 0 Å². The zero-order valence-electron chi connectivity index (χ0n) is 5.59. The highest BCUT2D eigenvalue weighted by atomic mass is 79.9. The fraction of sp³-hybridized carbons (Fsp3) is 0. The van der Waals surface area contributed by atoms with Crippen LogP contribution in [0, 0.1) is 0 Å². The van der Waals surface area contributed by atoms with Crippen LogP contribution in [0.15, 0.2) is 28.3 Å². The first-order chi connectivity index (χ1) is 5.25. The summed E-state index contributed by atoms with van der Waals surface area (Å²) in [5.74, 6) is 0.385. The first-order valence-corrected chi connectivity index (χ1v) is 4.03. The van der Waals surface area contributed by atoms with Gasteiger partial charge in [-0.3, -0.25) is 0 Å². The van der Waals surface area contributed by atoms with E-state index in [4.69, 9.17) is 17.3 Å². The third-order valence-corrected chi connectivity index (χ3v) is 1.95. The van der Waals surface area contributed by atoms with Crippen LogP contribution in [-0.4, -0.2) is 5.84 Å². The normalized spacial score (nSPS) is 11.6. The Labute approximate surface area is 78.4 Å². The van der Waals surface area contributed by atoms with Gasteiger partial charge in [-0.1, -0.05) is 23.7 Å². The van der Waals surface area contributed by atoms with Gasteiger partial charge in [0.15, 0.2) is 0 Å². The van der Waals surface area contributed by atoms with E-state index in [1.807, 2.05) is 18.2 Å². The van der Waals surface area contributed by atoms with E-state index in [0.29, 0.717) is 10.9 Å². The molecule has 0 atom stereocenters. The molecule has 58 valence electrons. The highest BCUT2D eigenvalue weighted by Crippen LogP contribution is 2.14. The van der Waals surface area contributed by atoms with Crippen LogP contribution < -0.4 is 5.73 Å². The number of hydrogen-bond donors (Lipinski definition) is 1. The SMILES string of the molecule is N/C(=N/Br)c1ccccc1Cl. The molecule has 1 aromatic carbocycles. The summed E-state index contributed by atoms with van der Waals surface area (Å²) in [4.78, 5) is 0. The van der Waals surface area contributed by atoms with Crippen molar-refractivity contribution < 1.29 is 0 Å². The lowest BCUT2D eigenvalue weighted by atomic mass is 10.2. The van der Waals surface area contributed by atoms with Gasteiger partial charge in [-0.15, -0.1) is 0 Å². The topological polar surface area (TPSA) is 38.4 Å². The molecule has 0 amide bonds. The Morgan fingerprint density at radius 3 is 2.64 bits per heavy atom. The third-order valence-electron chi connectivity index (χ3n) is 1.24. The standard InChI is InChI=1S/C7H6BrClN2/c8-11-7(10)5-3-1-2-4-6(5)9/h1-4H,(H2,10,11). The number of halogens is 2. The van der Waals surface area contributed by atoms with Gasteiger partial charge in [-0.05, 0) is 12.1 Å². The smallest absolute Gasteiger partial charge is 0.140 e. The molecule has 0 saturated heterocycles. The number of hydrogen-bond acceptors (Lipinski definition) is 1. The lowest BCUT2D eigenvalue weighted by molar-refractivity contribution is 1.57. The van der Waals surface area contributed by atoms with Gasteiger partial charge < -0.3 is 5.73 Å². The largest absolute Gasteiger partial charge is 0.383 e. The maximum Gasteiger partial charge on any atom is 0.140 e. The predicted molar refractivity (Wildman–Crippen MR) is 51.1 cm³/mol. The summed E-state index contributed by atoms with van der Waals surface area (Å²) < 4.78 is 3.64. The van der Waals surface area contributed by atoms with Crippen LogP contribution in [0.25, 0.3) is 0 Å². The molecule has 0 aliphatic carbocycles. The zero-order valence-corrected chi connectivity index (χ0v) is 7.93. The lowest BCUT2D eigenvalue weighted by Gasteiger charge is -1.99. The molecular formula is C7H6BrClN2. The minimum Gasteiger partial charge on any atom is -0.383 e. The number of amidine groups is 1. The molecule has 1 rings (SSSR count). The Bertz CT molecular complexity index is 286. The first kappa shape index (κ1) is 8.56. The maximum absolute atomic E-state index is 5.82. The van der Waals surface area contributed by atoms with Crippen LogP contribution >= 0.6 is 27.7 Å². The second-order valence-electron chi connectivity index (χ2n) is 1.95. The molecule has 0 aliphatic rings. The van der Waals surface area contributed by atoms with Crippen molar-refractivity contribution in [1.82, 2.24) is 0 Å². The quantitative estimate of drug-likeness (QED) is 0.587. The van der Waals surface area contributed by atoms with Gasteiger partial charge in [0.05, 0.1) is 21.2 Å². The van der Waals surface area contributed by atoms with E-state index < -0.39 is 0 Å². The highest BCUT2D eigenvalue weighted by molar-refractivity contribution is 9.08. The number of rotatable bonds is 1. The second kappa shape index (κ2) is 3.74. The monoisotopic (exact) mass is 232 g/mol. The summed E-state index contributed by atoms with van der Waals surface area (Å²) in [6, 6.07) is 7.27. The summed E-state index contributed by atoms with van der Waals surface area (Å²) in [7, 11) is 0. The number of nitrogens with zero attached hydrogens (tertiary/aromatic N) is 1. The van der Waals surface area contributed by atoms with Gasteiger partial charge >= 0.3 is 0 Å². The summed E-state index contributed by atoms with van der Waals surface area (Å²) in [5.41, 5.74) is 6.26. The van der Waals surface area contributed by atoms with Gasteiger partial charge in [-0.2, -0.15) is 4.02 Å². The fourth-order valence-corrected chi connectivity index (χ4v) is 1.14. The molecule has 0 radical (unpaired) electrons. The summed E-state index contributed by atoms with van der Waals surface area (Å²) in [6.07, 6.45) is 0. The Morgan fingerprint density at radius 2 is 2.09 bits per heavy atom. The molecule has 11 heavy (non-hydrogen) atoms. The summed E-state index contributed by atoms with van der Waals surface area (Å²) in [6.45, 7) is 0. The first-order valence-electron chi connectivity index (χ1n) is 2.95. The molecule has 4 heteroatoms. The van der Waals surface area contributed by atoms with Crippen molar-refractivity contribution in [2.45, 2.75) is 0 Å². The van der Waals surface area contributed by atoms with Gasteiger partial charge in [0, 0.05) is 5.56 Å². The third kappa shape index (κ3) is 1.94. The van der Waals surface area contributed by atoms with Crippen LogP contribution in [0.2, 0.25) is 5.02 Å². The van der Waals surface area contributed by atoms with Crippen LogP contribution in [0.1, 0.15) is 5.56 Å². The Hall–Kier alpha value is -0.540. The van der Waals surface area contributed by atoms with E-state index in [0.717, 1.165) is 5.56 Å².